The Bertz CT molecular complexity index is 1030. The van der Waals surface area contributed by atoms with E-state index >= 15 is 0 Å². The second-order valence-electron chi connectivity index (χ2n) is 9.18. The van der Waals surface area contributed by atoms with Gasteiger partial charge in [-0.2, -0.15) is 0 Å². The van der Waals surface area contributed by atoms with Crippen LogP contribution in [0.2, 0.25) is 0 Å². The average Bonchev–Trinajstić information content (AvgIpc) is 2.86. The normalized spacial score (nSPS) is 17.2. The smallest absolute Gasteiger partial charge is 0.254 e. The van der Waals surface area contributed by atoms with E-state index < -0.39 is 0 Å². The van der Waals surface area contributed by atoms with Crippen LogP contribution in [0.15, 0.2) is 42.5 Å². The molecule has 0 aromatic heterocycles. The first-order valence-corrected chi connectivity index (χ1v) is 11.9. The predicted octanol–water partition coefficient (Wildman–Crippen LogP) is 3.30. The summed E-state index contributed by atoms with van der Waals surface area (Å²) in [4.78, 5) is 45.0. The molecule has 2 fully saturated rings. The second-order valence-corrected chi connectivity index (χ2v) is 9.18. The lowest BCUT2D eigenvalue weighted by Crippen LogP contribution is -2.52. The van der Waals surface area contributed by atoms with Crippen molar-refractivity contribution in [3.05, 3.63) is 70.3 Å². The number of carbonyl (C=O) groups excluding carboxylic acids is 3. The number of piperidine rings is 1. The number of nitrogens with zero attached hydrogens (tertiary/aromatic N) is 3. The molecule has 0 radical (unpaired) electrons. The fourth-order valence-corrected chi connectivity index (χ4v) is 4.62. The van der Waals surface area contributed by atoms with E-state index in [2.05, 4.69) is 4.90 Å². The summed E-state index contributed by atoms with van der Waals surface area (Å²) >= 11 is 0. The number of ketones is 1. The number of likely N-dealkylation sites (tertiary alicyclic amines) is 1. The second kappa shape index (κ2) is 10.3. The molecule has 0 bridgehead atoms. The summed E-state index contributed by atoms with van der Waals surface area (Å²) in [6.45, 7) is 8.59. The minimum Gasteiger partial charge on any atom is -0.342 e. The Balaban J connectivity index is 1.40. The highest BCUT2D eigenvalue weighted by atomic mass is 16.2. The highest BCUT2D eigenvalue weighted by Crippen LogP contribution is 2.20. The molecule has 0 aliphatic carbocycles. The van der Waals surface area contributed by atoms with Crippen LogP contribution in [0.3, 0.4) is 0 Å². The van der Waals surface area contributed by atoms with Gasteiger partial charge in [0.1, 0.15) is 0 Å². The van der Waals surface area contributed by atoms with Crippen molar-refractivity contribution in [1.29, 1.82) is 0 Å². The van der Waals surface area contributed by atoms with Crippen molar-refractivity contribution in [2.24, 2.45) is 0 Å². The number of piperazine rings is 1. The number of amides is 2. The number of carbonyl (C=O) groups is 3. The molecule has 6 heteroatoms. The first kappa shape index (κ1) is 23.2. The molecule has 0 atom stereocenters. The molecular weight excluding hydrogens is 414 g/mol. The molecule has 4 rings (SSSR count). The van der Waals surface area contributed by atoms with Crippen LogP contribution in [0.4, 0.5) is 0 Å². The number of hydrogen-bond donors (Lipinski definition) is 0. The molecule has 33 heavy (non-hydrogen) atoms. The third-order valence-electron chi connectivity index (χ3n) is 6.90. The van der Waals surface area contributed by atoms with Crippen LogP contribution in [-0.2, 0) is 4.79 Å². The molecule has 0 unspecified atom stereocenters. The molecule has 2 aliphatic rings. The SMILES string of the molecule is Cc1ccc(C(=O)c2ccccc2C(=O)N2CCN(CC(=O)N3CCCCC3)CC2)cc1C. The third-order valence-corrected chi connectivity index (χ3v) is 6.90. The summed E-state index contributed by atoms with van der Waals surface area (Å²) < 4.78 is 0. The molecule has 2 saturated heterocycles. The van der Waals surface area contributed by atoms with E-state index in [1.165, 1.54) is 6.42 Å². The zero-order chi connectivity index (χ0) is 23.4. The Hall–Kier alpha value is -2.99. The monoisotopic (exact) mass is 447 g/mol. The number of rotatable bonds is 5. The van der Waals surface area contributed by atoms with Gasteiger partial charge < -0.3 is 9.80 Å². The van der Waals surface area contributed by atoms with E-state index in [0.29, 0.717) is 49.4 Å². The van der Waals surface area contributed by atoms with Gasteiger partial charge in [-0.3, -0.25) is 19.3 Å². The van der Waals surface area contributed by atoms with Crippen LogP contribution in [0, 0.1) is 13.8 Å². The first-order chi connectivity index (χ1) is 15.9. The lowest BCUT2D eigenvalue weighted by molar-refractivity contribution is -0.133. The minimum atomic E-state index is -0.132. The Morgan fingerprint density at radius 2 is 1.39 bits per heavy atom. The standard InChI is InChI=1S/C27H33N3O3/c1-20-10-11-22(18-21(20)2)26(32)23-8-4-5-9-24(23)27(33)30-16-14-28(15-17-30)19-25(31)29-12-6-3-7-13-29/h4-5,8-11,18H,3,6-7,12-17,19H2,1-2H3. The van der Waals surface area contributed by atoms with Gasteiger partial charge in [-0.25, -0.2) is 0 Å². The van der Waals surface area contributed by atoms with Gasteiger partial charge in [0.05, 0.1) is 12.1 Å². The van der Waals surface area contributed by atoms with Gasteiger partial charge in [-0.15, -0.1) is 0 Å². The topological polar surface area (TPSA) is 60.9 Å². The van der Waals surface area contributed by atoms with Crippen LogP contribution >= 0.6 is 0 Å². The van der Waals surface area contributed by atoms with Gasteiger partial charge >= 0.3 is 0 Å². The van der Waals surface area contributed by atoms with Crippen molar-refractivity contribution in [1.82, 2.24) is 14.7 Å². The molecule has 2 heterocycles. The molecule has 0 saturated carbocycles. The van der Waals surface area contributed by atoms with Crippen molar-refractivity contribution >= 4 is 17.6 Å². The largest absolute Gasteiger partial charge is 0.342 e. The highest BCUT2D eigenvalue weighted by Gasteiger charge is 2.27. The predicted molar refractivity (Wildman–Crippen MR) is 129 cm³/mol. The quantitative estimate of drug-likeness (QED) is 0.660. The van der Waals surface area contributed by atoms with E-state index in [1.54, 1.807) is 29.2 Å². The molecule has 0 spiro atoms. The number of aryl methyl sites for hydroxylation is 2. The lowest BCUT2D eigenvalue weighted by Gasteiger charge is -2.36. The van der Waals surface area contributed by atoms with Crippen LogP contribution in [0.1, 0.15) is 56.7 Å². The molecule has 2 amide bonds. The summed E-state index contributed by atoms with van der Waals surface area (Å²) in [5.74, 6) is -0.0589. The van der Waals surface area contributed by atoms with Gasteiger partial charge in [-0.1, -0.05) is 30.3 Å². The number of benzene rings is 2. The summed E-state index contributed by atoms with van der Waals surface area (Å²) in [6.07, 6.45) is 3.39. The maximum absolute atomic E-state index is 13.3. The Labute approximate surface area is 196 Å². The maximum Gasteiger partial charge on any atom is 0.254 e. The zero-order valence-electron chi connectivity index (χ0n) is 19.7. The summed E-state index contributed by atoms with van der Waals surface area (Å²) in [5.41, 5.74) is 3.67. The third kappa shape index (κ3) is 5.33. The van der Waals surface area contributed by atoms with E-state index in [9.17, 15) is 14.4 Å². The van der Waals surface area contributed by atoms with Crippen LogP contribution in [0.5, 0.6) is 0 Å². The summed E-state index contributed by atoms with van der Waals surface area (Å²) in [5, 5.41) is 0. The zero-order valence-corrected chi connectivity index (χ0v) is 19.7. The lowest BCUT2D eigenvalue weighted by atomic mass is 9.95. The molecule has 2 aromatic rings. The molecule has 0 N–H and O–H groups in total. The first-order valence-electron chi connectivity index (χ1n) is 11.9. The Morgan fingerprint density at radius 1 is 0.727 bits per heavy atom. The average molecular weight is 448 g/mol. The molecule has 174 valence electrons. The van der Waals surface area contributed by atoms with E-state index in [4.69, 9.17) is 0 Å². The Morgan fingerprint density at radius 3 is 2.06 bits per heavy atom. The van der Waals surface area contributed by atoms with Gasteiger partial charge in [0.25, 0.3) is 5.91 Å². The van der Waals surface area contributed by atoms with E-state index in [1.807, 2.05) is 36.9 Å². The van der Waals surface area contributed by atoms with Crippen molar-refractivity contribution < 1.29 is 14.4 Å². The molecule has 6 nitrogen and oxygen atoms in total. The van der Waals surface area contributed by atoms with Gasteiger partial charge in [0.2, 0.25) is 5.91 Å². The van der Waals surface area contributed by atoms with Crippen LogP contribution in [0.25, 0.3) is 0 Å². The van der Waals surface area contributed by atoms with Crippen molar-refractivity contribution in [2.75, 3.05) is 45.8 Å². The van der Waals surface area contributed by atoms with Crippen molar-refractivity contribution in [3.63, 3.8) is 0 Å². The maximum atomic E-state index is 13.3. The van der Waals surface area contributed by atoms with Gasteiger partial charge in [-0.05, 0) is 56.4 Å². The van der Waals surface area contributed by atoms with E-state index in [-0.39, 0.29) is 17.6 Å². The van der Waals surface area contributed by atoms with Crippen molar-refractivity contribution in [3.8, 4) is 0 Å². The molecular formula is C27H33N3O3. The minimum absolute atomic E-state index is 0.121. The summed E-state index contributed by atoms with van der Waals surface area (Å²) in [6, 6.07) is 12.7. The van der Waals surface area contributed by atoms with Gasteiger partial charge in [0.15, 0.2) is 5.78 Å². The Kier molecular flexibility index (Phi) is 7.23. The highest BCUT2D eigenvalue weighted by molar-refractivity contribution is 6.15. The van der Waals surface area contributed by atoms with Crippen LogP contribution < -0.4 is 0 Å². The van der Waals surface area contributed by atoms with Crippen molar-refractivity contribution in [2.45, 2.75) is 33.1 Å². The van der Waals surface area contributed by atoms with Crippen LogP contribution in [-0.4, -0.2) is 78.1 Å². The molecule has 2 aromatic carbocycles. The van der Waals surface area contributed by atoms with E-state index in [0.717, 1.165) is 37.1 Å². The summed E-state index contributed by atoms with van der Waals surface area (Å²) in [7, 11) is 0. The van der Waals surface area contributed by atoms with Gasteiger partial charge in [0, 0.05) is 50.4 Å². The fraction of sp³-hybridized carbons (Fsp3) is 0.444. The molecule has 2 aliphatic heterocycles. The fourth-order valence-electron chi connectivity index (χ4n) is 4.62. The number of hydrogen-bond acceptors (Lipinski definition) is 4.